The van der Waals surface area contributed by atoms with Crippen molar-refractivity contribution in [3.05, 3.63) is 128 Å². The number of hydrogen-bond donors (Lipinski definition) is 2. The van der Waals surface area contributed by atoms with Gasteiger partial charge < -0.3 is 43.4 Å². The fourth-order valence-corrected chi connectivity index (χ4v) is 9.01. The Hall–Kier alpha value is -4.23. The molecule has 6 atom stereocenters. The number of carboxylic acid groups (broad SMARTS) is 1. The molecule has 0 aliphatic carbocycles. The van der Waals surface area contributed by atoms with Crippen molar-refractivity contribution in [2.45, 2.75) is 237 Å². The van der Waals surface area contributed by atoms with Crippen molar-refractivity contribution in [1.29, 1.82) is 0 Å². The molecule has 15 heteroatoms. The van der Waals surface area contributed by atoms with Gasteiger partial charge in [-0.3, -0.25) is 28.5 Å². The van der Waals surface area contributed by atoms with E-state index in [1.54, 1.807) is 13.8 Å². The molecule has 0 radical (unpaired) electrons. The Balaban J connectivity index is 0.000000276. The Bertz CT molecular complexity index is 2050. The summed E-state index contributed by atoms with van der Waals surface area (Å²) < 4.78 is 63.5. The normalized spacial score (nSPS) is 27.0. The number of carbonyl (C=O) groups excluding carboxylic acids is 1. The van der Waals surface area contributed by atoms with E-state index in [2.05, 4.69) is 135 Å². The van der Waals surface area contributed by atoms with Crippen molar-refractivity contribution in [3.8, 4) is 0 Å². The minimum absolute atomic E-state index is 0.0655. The number of esters is 1. The zero-order valence-electron chi connectivity index (χ0n) is 47.6. The van der Waals surface area contributed by atoms with Gasteiger partial charge in [0.2, 0.25) is 0 Å². The first-order valence-electron chi connectivity index (χ1n) is 27.9. The maximum atomic E-state index is 12.3. The van der Waals surface area contributed by atoms with Gasteiger partial charge in [-0.1, -0.05) is 122 Å². The fraction of sp³-hybridized carbons (Fsp3) is 0.629. The van der Waals surface area contributed by atoms with Crippen molar-refractivity contribution in [1.82, 2.24) is 0 Å². The first-order valence-corrected chi connectivity index (χ1v) is 27.9. The minimum Gasteiger partial charge on any atom is -0.481 e. The predicted octanol–water partition coefficient (Wildman–Crippen LogP) is 12.9. The third kappa shape index (κ3) is 23.2. The van der Waals surface area contributed by atoms with E-state index < -0.39 is 71.6 Å². The summed E-state index contributed by atoms with van der Waals surface area (Å²) in [5, 5.41) is 17.8. The Morgan fingerprint density at radius 2 is 0.818 bits per heavy atom. The third-order valence-corrected chi connectivity index (χ3v) is 12.2. The lowest BCUT2D eigenvalue weighted by molar-refractivity contribution is -0.587. The van der Waals surface area contributed by atoms with Crippen LogP contribution in [0.5, 0.6) is 0 Å². The number of aliphatic hydroxyl groups is 1. The van der Waals surface area contributed by atoms with Crippen LogP contribution in [0.1, 0.15) is 165 Å². The second-order valence-corrected chi connectivity index (χ2v) is 21.1. The molecule has 0 aromatic heterocycles. The predicted molar refractivity (Wildman–Crippen MR) is 297 cm³/mol. The van der Waals surface area contributed by atoms with E-state index >= 15 is 0 Å². The number of aliphatic carboxylic acids is 1. The summed E-state index contributed by atoms with van der Waals surface area (Å²) in [4.78, 5) is 22.6. The summed E-state index contributed by atoms with van der Waals surface area (Å²) in [7, 11) is 0. The summed E-state index contributed by atoms with van der Waals surface area (Å²) >= 11 is 0. The molecule has 15 nitrogen and oxygen atoms in total. The van der Waals surface area contributed by atoms with Crippen LogP contribution < -0.4 is 0 Å². The molecule has 0 amide bonds. The Kier molecular flexibility index (Phi) is 27.8. The molecule has 77 heavy (non-hydrogen) atoms. The van der Waals surface area contributed by atoms with Gasteiger partial charge >= 0.3 is 23.9 Å². The quantitative estimate of drug-likeness (QED) is 0.0313. The van der Waals surface area contributed by atoms with Gasteiger partial charge in [0.15, 0.2) is 35.4 Å². The Morgan fingerprint density at radius 3 is 1.18 bits per heavy atom. The summed E-state index contributed by atoms with van der Waals surface area (Å²) in [6, 6.07) is 0. The number of allylic oxidation sites excluding steroid dienone is 20. The summed E-state index contributed by atoms with van der Waals surface area (Å²) in [5.41, 5.74) is 0. The molecule has 0 unspecified atom stereocenters. The lowest BCUT2D eigenvalue weighted by Gasteiger charge is -2.51. The standard InChI is InChI=1S/C31H46O7.C20H28O2.C11H18O6/c1-6-7-8-9-10-11-12-13-14-15-16-17-18-19-20-21-22-23-26(32)33-24-25-27-28(36-29(2,3)35-27)31(34-25)37-30(4,5)38-31;1-2-3-4-5-6-7-8-9-10-11-12-13-14-15-16-17-18-19-20(21)22;1-9(2)14-7-6(5-12)13-11(8(7)15-9)16-10(3,4)17-11/h7-8,10-11,13-14,16-17,19-20,25,27-28H,6,9,12,15,18,21-24H2,1-5H3;3-4,6-7,9-10,12-13,15-16H,1-2,5,8,11,14,17-19H2;6-8,12H,5H2,1-4H3/p+1/b8-7-,11-10-,14-13-,17-16-,20-19-;4-3-,7-6-,10-9-,13-12-,16-15-;/t25-,27-,28-;;6-,7-,8-/m1.1/s1. The van der Waals surface area contributed by atoms with Crippen LogP contribution in [-0.2, 0) is 61.7 Å². The van der Waals surface area contributed by atoms with Gasteiger partial charge in [-0.05, 0) is 145 Å². The fourth-order valence-electron chi connectivity index (χ4n) is 9.01. The molecule has 0 aromatic carbocycles. The smallest absolute Gasteiger partial charge is 0.319 e. The van der Waals surface area contributed by atoms with Crippen LogP contribution in [0.25, 0.3) is 0 Å². The Labute approximate surface area is 460 Å². The highest BCUT2D eigenvalue weighted by atomic mass is 17.0. The first kappa shape index (κ1) is 65.3. The number of carboxylic acids is 1. The van der Waals surface area contributed by atoms with Gasteiger partial charge in [0, 0.05) is 12.8 Å². The zero-order valence-corrected chi connectivity index (χ0v) is 47.6. The molecule has 0 bridgehead atoms. The molecule has 2 spiro atoms. The van der Waals surface area contributed by atoms with E-state index in [4.69, 9.17) is 57.2 Å². The van der Waals surface area contributed by atoms with Crippen LogP contribution in [0, 0.1) is 6.92 Å². The number of ether oxygens (including phenoxy) is 11. The molecule has 0 saturated carbocycles. The van der Waals surface area contributed by atoms with Crippen LogP contribution in [-0.4, -0.2) is 107 Å². The van der Waals surface area contributed by atoms with Crippen molar-refractivity contribution < 1.29 is 71.9 Å². The zero-order chi connectivity index (χ0) is 56.3. The SMILES string of the molecule is CC/C=C\C/C=C\C/C=C\C/C=C\C/C=C\CCCC(=O)OC[C@H]1OC2(OC(C)(C)O2)[C@@H]2OC(C)(C)O[C@@H]21.CC1(C)O[C@H]2[C@@H](O1)C1(O[C@@H]2CO)OC(C)(C)O1.[CH2+]C/C=C\C/C=C\C/C=C\C/C=C\C/C=C\CCCC(=O)O. The molecule has 6 heterocycles. The lowest BCUT2D eigenvalue weighted by Crippen LogP contribution is -2.65. The van der Waals surface area contributed by atoms with Gasteiger partial charge in [0.1, 0.15) is 37.4 Å². The van der Waals surface area contributed by atoms with Crippen molar-refractivity contribution in [2.24, 2.45) is 0 Å². The van der Waals surface area contributed by atoms with Crippen molar-refractivity contribution >= 4 is 11.9 Å². The van der Waals surface area contributed by atoms with Crippen LogP contribution in [0.15, 0.2) is 122 Å². The molecule has 0 aromatic rings. The number of carbonyl (C=O) groups is 2. The topological polar surface area (TPSA) is 176 Å². The summed E-state index contributed by atoms with van der Waals surface area (Å²) in [5.74, 6) is -6.46. The number of hydrogen-bond acceptors (Lipinski definition) is 14. The molecule has 6 rings (SSSR count). The summed E-state index contributed by atoms with van der Waals surface area (Å²) in [6.45, 7) is 20.3. The van der Waals surface area contributed by atoms with Gasteiger partial charge in [0.25, 0.3) is 0 Å². The average Bonchev–Trinajstić information content (AvgIpc) is 4.06. The molecule has 430 valence electrons. The second kappa shape index (κ2) is 32.7. The highest BCUT2D eigenvalue weighted by Gasteiger charge is 2.73. The van der Waals surface area contributed by atoms with E-state index in [1.165, 1.54) is 0 Å². The molecular weight excluding hydrogens is 985 g/mol. The highest BCUT2D eigenvalue weighted by molar-refractivity contribution is 5.69. The first-order chi connectivity index (χ1) is 36.7. The van der Waals surface area contributed by atoms with Crippen molar-refractivity contribution in [2.75, 3.05) is 13.2 Å². The number of unbranched alkanes of at least 4 members (excludes halogenated alkanes) is 2. The van der Waals surface area contributed by atoms with Crippen LogP contribution >= 0.6 is 0 Å². The maximum absolute atomic E-state index is 12.3. The van der Waals surface area contributed by atoms with Gasteiger partial charge in [-0.15, -0.1) is 0 Å². The van der Waals surface area contributed by atoms with E-state index in [0.29, 0.717) is 6.42 Å². The molecule has 6 aliphatic heterocycles. The maximum Gasteiger partial charge on any atom is 0.319 e. The van der Waals surface area contributed by atoms with Crippen LogP contribution in [0.3, 0.4) is 0 Å². The van der Waals surface area contributed by atoms with E-state index in [9.17, 15) is 14.7 Å². The second-order valence-electron chi connectivity index (χ2n) is 21.1. The van der Waals surface area contributed by atoms with Gasteiger partial charge in [-0.25, -0.2) is 0 Å². The Morgan fingerprint density at radius 1 is 0.468 bits per heavy atom. The van der Waals surface area contributed by atoms with Crippen molar-refractivity contribution in [3.63, 3.8) is 0 Å². The summed E-state index contributed by atoms with van der Waals surface area (Å²) in [6.07, 6.45) is 53.6. The lowest BCUT2D eigenvalue weighted by atomic mass is 10.1. The number of aliphatic hydroxyl groups excluding tert-OH is 1. The minimum atomic E-state index is -1.31. The highest BCUT2D eigenvalue weighted by Crippen LogP contribution is 2.54. The molecule has 6 aliphatic rings. The van der Waals surface area contributed by atoms with E-state index in [1.807, 2.05) is 41.5 Å². The van der Waals surface area contributed by atoms with Crippen LogP contribution in [0.4, 0.5) is 0 Å². The molecular formula is C62H93O15+. The third-order valence-electron chi connectivity index (χ3n) is 12.2. The number of rotatable bonds is 29. The van der Waals surface area contributed by atoms with Gasteiger partial charge in [-0.2, -0.15) is 0 Å². The molecule has 2 N–H and O–H groups in total. The van der Waals surface area contributed by atoms with Gasteiger partial charge in [0.05, 0.1) is 13.5 Å². The average molecular weight is 1080 g/mol. The molecule has 6 saturated heterocycles. The monoisotopic (exact) mass is 1080 g/mol. The van der Waals surface area contributed by atoms with E-state index in [-0.39, 0.29) is 31.7 Å². The molecule has 6 fully saturated rings. The van der Waals surface area contributed by atoms with E-state index in [0.717, 1.165) is 89.9 Å². The number of fused-ring (bicyclic) bond motifs is 4. The van der Waals surface area contributed by atoms with Crippen LogP contribution in [0.2, 0.25) is 0 Å². The largest absolute Gasteiger partial charge is 0.481 e.